The lowest BCUT2D eigenvalue weighted by atomic mass is 9.91. The largest absolute Gasteiger partial charge is 0.351 e. The minimum absolute atomic E-state index is 0.00993. The average Bonchev–Trinajstić information content (AvgIpc) is 2.69. The van der Waals surface area contributed by atoms with E-state index in [2.05, 4.69) is 5.32 Å². The van der Waals surface area contributed by atoms with Crippen LogP contribution in [0.2, 0.25) is 5.02 Å². The van der Waals surface area contributed by atoms with Gasteiger partial charge in [0.2, 0.25) is 0 Å². The monoisotopic (exact) mass is 380 g/mol. The van der Waals surface area contributed by atoms with E-state index in [1.807, 2.05) is 60.7 Å². The minimum atomic E-state index is -0.604. The summed E-state index contributed by atoms with van der Waals surface area (Å²) in [5, 5.41) is 14.3. The topological polar surface area (TPSA) is 72.2 Å². The maximum atomic E-state index is 12.6. The van der Waals surface area contributed by atoms with E-state index in [1.54, 1.807) is 0 Å². The molecule has 3 aromatic rings. The zero-order valence-corrected chi connectivity index (χ0v) is 15.1. The van der Waals surface area contributed by atoms with Gasteiger partial charge in [-0.05, 0) is 23.3 Å². The van der Waals surface area contributed by atoms with Gasteiger partial charge < -0.3 is 5.32 Å². The number of nitrogens with one attached hydrogen (secondary N) is 1. The Morgan fingerprint density at radius 1 is 0.963 bits per heavy atom. The van der Waals surface area contributed by atoms with Crippen molar-refractivity contribution in [2.45, 2.75) is 5.92 Å². The third-order valence-corrected chi connectivity index (χ3v) is 4.51. The van der Waals surface area contributed by atoms with Crippen LogP contribution in [0.5, 0.6) is 0 Å². The first-order valence-corrected chi connectivity index (χ1v) is 8.76. The highest BCUT2D eigenvalue weighted by Crippen LogP contribution is 2.25. The number of hydrogen-bond acceptors (Lipinski definition) is 3. The molecule has 0 saturated heterocycles. The summed E-state index contributed by atoms with van der Waals surface area (Å²) in [5.74, 6) is -0.571. The maximum Gasteiger partial charge on any atom is 0.283 e. The number of carbonyl (C=O) groups excluding carboxylic acids is 1. The van der Waals surface area contributed by atoms with Crippen LogP contribution in [0.4, 0.5) is 5.69 Å². The summed E-state index contributed by atoms with van der Waals surface area (Å²) in [6, 6.07) is 23.6. The van der Waals surface area contributed by atoms with E-state index in [-0.39, 0.29) is 22.2 Å². The molecule has 0 unspecified atom stereocenters. The van der Waals surface area contributed by atoms with E-state index in [0.29, 0.717) is 6.54 Å². The number of nitrogens with zero attached hydrogens (tertiary/aromatic N) is 1. The van der Waals surface area contributed by atoms with Gasteiger partial charge in [0, 0.05) is 23.6 Å². The van der Waals surface area contributed by atoms with Crippen molar-refractivity contribution in [2.24, 2.45) is 0 Å². The van der Waals surface area contributed by atoms with E-state index in [1.165, 1.54) is 18.2 Å². The van der Waals surface area contributed by atoms with Crippen LogP contribution in [0.25, 0.3) is 0 Å². The second kappa shape index (κ2) is 8.47. The highest BCUT2D eigenvalue weighted by atomic mass is 35.5. The molecule has 0 aliphatic carbocycles. The maximum absolute atomic E-state index is 12.6. The van der Waals surface area contributed by atoms with Gasteiger partial charge in [-0.1, -0.05) is 72.3 Å². The molecule has 0 aliphatic rings. The second-order valence-corrected chi connectivity index (χ2v) is 6.44. The van der Waals surface area contributed by atoms with Gasteiger partial charge in [-0.15, -0.1) is 0 Å². The molecule has 0 spiro atoms. The van der Waals surface area contributed by atoms with E-state index in [0.717, 1.165) is 11.1 Å². The van der Waals surface area contributed by atoms with Crippen LogP contribution in [0.1, 0.15) is 27.4 Å². The molecule has 0 atom stereocenters. The van der Waals surface area contributed by atoms with E-state index >= 15 is 0 Å². The standard InChI is InChI=1S/C21H17ClN2O3/c22-17-11-12-18(20(13-17)24(26)27)21(25)23-14-19(15-7-3-1-4-8-15)16-9-5-2-6-10-16/h1-13,19H,14H2,(H,23,25). The van der Waals surface area contributed by atoms with Gasteiger partial charge in [0.1, 0.15) is 5.56 Å². The van der Waals surface area contributed by atoms with E-state index in [4.69, 9.17) is 11.6 Å². The molecule has 0 fully saturated rings. The van der Waals surface area contributed by atoms with Gasteiger partial charge in [0.15, 0.2) is 0 Å². The molecule has 27 heavy (non-hydrogen) atoms. The number of hydrogen-bond donors (Lipinski definition) is 1. The van der Waals surface area contributed by atoms with E-state index in [9.17, 15) is 14.9 Å². The molecule has 6 heteroatoms. The van der Waals surface area contributed by atoms with Crippen LogP contribution < -0.4 is 5.32 Å². The average molecular weight is 381 g/mol. The Morgan fingerprint density at radius 3 is 2.04 bits per heavy atom. The second-order valence-electron chi connectivity index (χ2n) is 6.00. The summed E-state index contributed by atoms with van der Waals surface area (Å²) < 4.78 is 0. The lowest BCUT2D eigenvalue weighted by molar-refractivity contribution is -0.385. The summed E-state index contributed by atoms with van der Waals surface area (Å²) in [5.41, 5.74) is 1.78. The van der Waals surface area contributed by atoms with Crippen molar-refractivity contribution < 1.29 is 9.72 Å². The molecule has 0 heterocycles. The normalized spacial score (nSPS) is 10.6. The minimum Gasteiger partial charge on any atom is -0.351 e. The molecule has 1 N–H and O–H groups in total. The van der Waals surface area contributed by atoms with Gasteiger partial charge in [-0.2, -0.15) is 0 Å². The third-order valence-electron chi connectivity index (χ3n) is 4.27. The highest BCUT2D eigenvalue weighted by Gasteiger charge is 2.22. The molecule has 0 bridgehead atoms. The number of nitro benzene ring substituents is 1. The van der Waals surface area contributed by atoms with Crippen LogP contribution in [0.15, 0.2) is 78.9 Å². The number of carbonyl (C=O) groups is 1. The molecule has 5 nitrogen and oxygen atoms in total. The Hall–Kier alpha value is -3.18. The number of rotatable bonds is 6. The molecule has 0 aliphatic heterocycles. The Balaban J connectivity index is 1.84. The summed E-state index contributed by atoms with van der Waals surface area (Å²) in [6.07, 6.45) is 0. The van der Waals surface area contributed by atoms with Gasteiger partial charge in [-0.3, -0.25) is 14.9 Å². The van der Waals surface area contributed by atoms with Gasteiger partial charge >= 0.3 is 0 Å². The van der Waals surface area contributed by atoms with Crippen LogP contribution in [0, 0.1) is 10.1 Å². The zero-order valence-electron chi connectivity index (χ0n) is 14.3. The number of halogens is 1. The lowest BCUT2D eigenvalue weighted by Gasteiger charge is -2.19. The summed E-state index contributed by atoms with van der Waals surface area (Å²) in [4.78, 5) is 23.2. The van der Waals surface area contributed by atoms with Crippen molar-refractivity contribution in [2.75, 3.05) is 6.54 Å². The Labute approximate surface area is 161 Å². The molecule has 3 rings (SSSR count). The summed E-state index contributed by atoms with van der Waals surface area (Å²) >= 11 is 5.82. The first kappa shape index (κ1) is 18.6. The van der Waals surface area contributed by atoms with Crippen molar-refractivity contribution in [3.05, 3.63) is 111 Å². The quantitative estimate of drug-likeness (QED) is 0.492. The fourth-order valence-corrected chi connectivity index (χ4v) is 3.10. The fourth-order valence-electron chi connectivity index (χ4n) is 2.94. The summed E-state index contributed by atoms with van der Waals surface area (Å²) in [6.45, 7) is 0.312. The van der Waals surface area contributed by atoms with Crippen LogP contribution in [-0.4, -0.2) is 17.4 Å². The SMILES string of the molecule is O=C(NCC(c1ccccc1)c1ccccc1)c1ccc(Cl)cc1[N+](=O)[O-]. The smallest absolute Gasteiger partial charge is 0.283 e. The molecule has 3 aromatic carbocycles. The number of amides is 1. The molecule has 0 saturated carbocycles. The predicted octanol–water partition coefficient (Wildman–Crippen LogP) is 4.81. The number of benzene rings is 3. The molecule has 0 radical (unpaired) electrons. The molecular formula is C21H17ClN2O3. The van der Waals surface area contributed by atoms with Crippen molar-refractivity contribution in [1.82, 2.24) is 5.32 Å². The predicted molar refractivity (Wildman–Crippen MR) is 105 cm³/mol. The molecule has 136 valence electrons. The number of nitro groups is 1. The lowest BCUT2D eigenvalue weighted by Crippen LogP contribution is -2.29. The Bertz CT molecular complexity index is 907. The van der Waals surface area contributed by atoms with Crippen LogP contribution in [0.3, 0.4) is 0 Å². The van der Waals surface area contributed by atoms with Crippen molar-refractivity contribution >= 4 is 23.2 Å². The first-order chi connectivity index (χ1) is 13.1. The van der Waals surface area contributed by atoms with Crippen molar-refractivity contribution in [3.8, 4) is 0 Å². The van der Waals surface area contributed by atoms with Gasteiger partial charge in [-0.25, -0.2) is 0 Å². The van der Waals surface area contributed by atoms with Crippen LogP contribution >= 0.6 is 11.6 Å². The fraction of sp³-hybridized carbons (Fsp3) is 0.0952. The first-order valence-electron chi connectivity index (χ1n) is 8.38. The Kier molecular flexibility index (Phi) is 5.84. The van der Waals surface area contributed by atoms with Crippen LogP contribution in [-0.2, 0) is 0 Å². The zero-order chi connectivity index (χ0) is 19.2. The summed E-state index contributed by atoms with van der Waals surface area (Å²) in [7, 11) is 0. The Morgan fingerprint density at radius 2 is 1.52 bits per heavy atom. The van der Waals surface area contributed by atoms with Gasteiger partial charge in [0.25, 0.3) is 11.6 Å². The molecule has 1 amide bonds. The van der Waals surface area contributed by atoms with Crippen molar-refractivity contribution in [1.29, 1.82) is 0 Å². The van der Waals surface area contributed by atoms with E-state index < -0.39 is 10.8 Å². The van der Waals surface area contributed by atoms with Crippen molar-refractivity contribution in [3.63, 3.8) is 0 Å². The van der Waals surface area contributed by atoms with Gasteiger partial charge in [0.05, 0.1) is 4.92 Å². The molecule has 0 aromatic heterocycles. The molecular weight excluding hydrogens is 364 g/mol. The highest BCUT2D eigenvalue weighted by molar-refractivity contribution is 6.31. The third kappa shape index (κ3) is 4.51.